The van der Waals surface area contributed by atoms with Crippen molar-refractivity contribution in [1.29, 1.82) is 0 Å². The van der Waals surface area contributed by atoms with Gasteiger partial charge in [-0.15, -0.1) is 0 Å². The average molecular weight is 378 g/mol. The number of piperidine rings is 2. The van der Waals surface area contributed by atoms with E-state index < -0.39 is 0 Å². The van der Waals surface area contributed by atoms with Crippen molar-refractivity contribution in [3.8, 4) is 0 Å². The Balaban J connectivity index is 1.33. The third-order valence-corrected chi connectivity index (χ3v) is 6.18. The monoisotopic (exact) mass is 377 g/mol. The van der Waals surface area contributed by atoms with Crippen molar-refractivity contribution < 1.29 is 4.79 Å². The fraction of sp³-hybridized carbons (Fsp3) is 0.667. The number of likely N-dealkylation sites (tertiary alicyclic amines) is 2. The lowest BCUT2D eigenvalue weighted by Crippen LogP contribution is -2.41. The Morgan fingerprint density at radius 3 is 2.58 bits per heavy atom. The highest BCUT2D eigenvalue weighted by atomic mass is 35.5. The van der Waals surface area contributed by atoms with Crippen LogP contribution in [0.15, 0.2) is 24.3 Å². The van der Waals surface area contributed by atoms with Gasteiger partial charge in [-0.1, -0.05) is 23.7 Å². The smallest absolute Gasteiger partial charge is 0.223 e. The van der Waals surface area contributed by atoms with E-state index in [1.165, 1.54) is 31.5 Å². The van der Waals surface area contributed by atoms with Gasteiger partial charge in [0.2, 0.25) is 5.91 Å². The lowest BCUT2D eigenvalue weighted by atomic mass is 9.93. The Bertz CT molecular complexity index is 578. The number of nitrogens with zero attached hydrogens (tertiary/aromatic N) is 2. The molecule has 2 aliphatic heterocycles. The first kappa shape index (κ1) is 19.7. The van der Waals surface area contributed by atoms with Gasteiger partial charge < -0.3 is 10.2 Å². The summed E-state index contributed by atoms with van der Waals surface area (Å²) in [7, 11) is 2.19. The van der Waals surface area contributed by atoms with E-state index in [1.54, 1.807) is 0 Å². The van der Waals surface area contributed by atoms with Crippen molar-refractivity contribution in [2.45, 2.75) is 38.6 Å². The van der Waals surface area contributed by atoms with Gasteiger partial charge in [0.15, 0.2) is 0 Å². The number of hydrogen-bond acceptors (Lipinski definition) is 3. The molecule has 2 saturated heterocycles. The second-order valence-corrected chi connectivity index (χ2v) is 8.44. The number of carbonyl (C=O) groups is 1. The predicted molar refractivity (Wildman–Crippen MR) is 107 cm³/mol. The normalized spacial score (nSPS) is 21.0. The van der Waals surface area contributed by atoms with Gasteiger partial charge in [-0.25, -0.2) is 0 Å². The molecule has 4 nitrogen and oxygen atoms in total. The first-order valence-electron chi connectivity index (χ1n) is 10.0. The van der Waals surface area contributed by atoms with Crippen LogP contribution in [0.3, 0.4) is 0 Å². The van der Waals surface area contributed by atoms with Gasteiger partial charge in [0.05, 0.1) is 0 Å². The number of hydrogen-bond donors (Lipinski definition) is 1. The van der Waals surface area contributed by atoms with Gasteiger partial charge >= 0.3 is 0 Å². The summed E-state index contributed by atoms with van der Waals surface area (Å²) in [5.41, 5.74) is 1.25. The van der Waals surface area contributed by atoms with Gasteiger partial charge in [0, 0.05) is 24.0 Å². The summed E-state index contributed by atoms with van der Waals surface area (Å²) in [5.74, 6) is 1.23. The van der Waals surface area contributed by atoms with E-state index in [0.29, 0.717) is 0 Å². The van der Waals surface area contributed by atoms with Gasteiger partial charge in [-0.2, -0.15) is 0 Å². The molecule has 0 unspecified atom stereocenters. The molecule has 144 valence electrons. The Morgan fingerprint density at radius 1 is 1.15 bits per heavy atom. The van der Waals surface area contributed by atoms with E-state index in [1.807, 2.05) is 18.2 Å². The summed E-state index contributed by atoms with van der Waals surface area (Å²) < 4.78 is 0. The van der Waals surface area contributed by atoms with Crippen LogP contribution in [0.1, 0.15) is 37.7 Å². The molecule has 26 heavy (non-hydrogen) atoms. The van der Waals surface area contributed by atoms with Crippen molar-refractivity contribution in [1.82, 2.24) is 15.1 Å². The molecule has 2 aliphatic rings. The van der Waals surface area contributed by atoms with Crippen LogP contribution in [0.25, 0.3) is 0 Å². The summed E-state index contributed by atoms with van der Waals surface area (Å²) in [6.45, 7) is 6.13. The maximum absolute atomic E-state index is 12.4. The number of benzene rings is 1. The zero-order valence-electron chi connectivity index (χ0n) is 15.9. The maximum Gasteiger partial charge on any atom is 0.223 e. The first-order chi connectivity index (χ1) is 12.6. The van der Waals surface area contributed by atoms with Crippen LogP contribution >= 0.6 is 11.6 Å². The van der Waals surface area contributed by atoms with E-state index in [4.69, 9.17) is 11.6 Å². The van der Waals surface area contributed by atoms with Crippen molar-refractivity contribution in [3.05, 3.63) is 34.9 Å². The van der Waals surface area contributed by atoms with Crippen LogP contribution in [0.5, 0.6) is 0 Å². The third kappa shape index (κ3) is 5.97. The molecule has 0 saturated carbocycles. The highest BCUT2D eigenvalue weighted by Gasteiger charge is 2.25. The number of nitrogens with one attached hydrogen (secondary N) is 1. The minimum absolute atomic E-state index is 0.183. The number of carbonyl (C=O) groups excluding carboxylic acids is 1. The van der Waals surface area contributed by atoms with Gasteiger partial charge in [-0.05, 0) is 88.9 Å². The molecule has 5 heteroatoms. The lowest BCUT2D eigenvalue weighted by Gasteiger charge is -2.32. The second kappa shape index (κ2) is 9.72. The second-order valence-electron chi connectivity index (χ2n) is 8.01. The number of halogens is 1. The molecule has 1 aromatic carbocycles. The maximum atomic E-state index is 12.4. The van der Waals surface area contributed by atoms with E-state index in [9.17, 15) is 4.79 Å². The minimum Gasteiger partial charge on any atom is -0.356 e. The molecule has 1 N–H and O–H groups in total. The molecular formula is C21H32ClN3O. The minimum atomic E-state index is 0.183. The van der Waals surface area contributed by atoms with Crippen molar-refractivity contribution in [2.24, 2.45) is 11.8 Å². The Kier molecular flexibility index (Phi) is 7.35. The lowest BCUT2D eigenvalue weighted by molar-refractivity contribution is -0.126. The van der Waals surface area contributed by atoms with Crippen LogP contribution in [-0.4, -0.2) is 55.5 Å². The largest absolute Gasteiger partial charge is 0.356 e. The molecule has 0 bridgehead atoms. The summed E-state index contributed by atoms with van der Waals surface area (Å²) in [5, 5.41) is 3.99. The average Bonchev–Trinajstić information content (AvgIpc) is 2.64. The molecule has 1 amide bonds. The van der Waals surface area contributed by atoms with Gasteiger partial charge in [0.25, 0.3) is 0 Å². The zero-order valence-corrected chi connectivity index (χ0v) is 16.7. The number of amides is 1. The van der Waals surface area contributed by atoms with Crippen LogP contribution < -0.4 is 5.32 Å². The van der Waals surface area contributed by atoms with Crippen molar-refractivity contribution >= 4 is 17.5 Å². The molecule has 1 aromatic rings. The number of rotatable bonds is 6. The summed E-state index contributed by atoms with van der Waals surface area (Å²) in [6, 6.07) is 8.06. The van der Waals surface area contributed by atoms with E-state index in [0.717, 1.165) is 56.4 Å². The summed E-state index contributed by atoms with van der Waals surface area (Å²) in [4.78, 5) is 17.3. The Hall–Kier alpha value is -1.10. The third-order valence-electron chi connectivity index (χ3n) is 5.94. The molecular weight excluding hydrogens is 346 g/mol. The Morgan fingerprint density at radius 2 is 1.88 bits per heavy atom. The molecule has 0 atom stereocenters. The highest BCUT2D eigenvalue weighted by molar-refractivity contribution is 6.30. The topological polar surface area (TPSA) is 35.6 Å². The molecule has 0 radical (unpaired) electrons. The molecule has 2 fully saturated rings. The SMILES string of the molecule is CN1CCC(CCNC(=O)C2CCN(Cc3cccc(Cl)c3)CC2)CC1. The molecule has 3 rings (SSSR count). The first-order valence-corrected chi connectivity index (χ1v) is 10.4. The summed E-state index contributed by atoms with van der Waals surface area (Å²) in [6.07, 6.45) is 5.59. The highest BCUT2D eigenvalue weighted by Crippen LogP contribution is 2.21. The molecule has 0 aromatic heterocycles. The standard InChI is InChI=1S/C21H32ClN3O/c1-24-11-6-17(7-12-24)5-10-23-21(26)19-8-13-25(14-9-19)16-18-3-2-4-20(22)15-18/h2-4,15,17,19H,5-14,16H2,1H3,(H,23,26). The molecule has 0 spiro atoms. The van der Waals surface area contributed by atoms with E-state index in [2.05, 4.69) is 28.2 Å². The van der Waals surface area contributed by atoms with E-state index >= 15 is 0 Å². The van der Waals surface area contributed by atoms with Crippen LogP contribution in [-0.2, 0) is 11.3 Å². The molecule has 0 aliphatic carbocycles. The van der Waals surface area contributed by atoms with E-state index in [-0.39, 0.29) is 11.8 Å². The fourth-order valence-electron chi connectivity index (χ4n) is 4.14. The fourth-order valence-corrected chi connectivity index (χ4v) is 4.35. The van der Waals surface area contributed by atoms with Gasteiger partial charge in [0.1, 0.15) is 0 Å². The predicted octanol–water partition coefficient (Wildman–Crippen LogP) is 3.40. The van der Waals surface area contributed by atoms with Gasteiger partial charge in [-0.3, -0.25) is 9.69 Å². The summed E-state index contributed by atoms with van der Waals surface area (Å²) >= 11 is 6.07. The van der Waals surface area contributed by atoms with Crippen molar-refractivity contribution in [3.63, 3.8) is 0 Å². The van der Waals surface area contributed by atoms with Crippen molar-refractivity contribution in [2.75, 3.05) is 39.8 Å². The quantitative estimate of drug-likeness (QED) is 0.825. The van der Waals surface area contributed by atoms with Crippen LogP contribution in [0.2, 0.25) is 5.02 Å². The van der Waals surface area contributed by atoms with Crippen LogP contribution in [0.4, 0.5) is 0 Å². The molecule has 2 heterocycles. The zero-order chi connectivity index (χ0) is 18.4. The Labute approximate surface area is 162 Å². The van der Waals surface area contributed by atoms with Crippen LogP contribution in [0, 0.1) is 11.8 Å².